The van der Waals surface area contributed by atoms with Gasteiger partial charge < -0.3 is 4.74 Å². The number of carbonyl (C=O) groups excluding carboxylic acids is 1. The first-order chi connectivity index (χ1) is 6.31. The van der Waals surface area contributed by atoms with Crippen molar-refractivity contribution < 1.29 is 9.53 Å². The Morgan fingerprint density at radius 1 is 1.54 bits per heavy atom. The molecular formula is C10H11ClO2. The van der Waals surface area contributed by atoms with Gasteiger partial charge in [-0.05, 0) is 24.1 Å². The third-order valence-electron chi connectivity index (χ3n) is 1.80. The highest BCUT2D eigenvalue weighted by Crippen LogP contribution is 2.18. The van der Waals surface area contributed by atoms with Gasteiger partial charge in [-0.15, -0.1) is 11.6 Å². The molecule has 1 aromatic carbocycles. The van der Waals surface area contributed by atoms with E-state index in [-0.39, 0.29) is 0 Å². The highest BCUT2D eigenvalue weighted by Gasteiger charge is 2.02. The summed E-state index contributed by atoms with van der Waals surface area (Å²) in [5, 5.41) is 0. The molecular weight excluding hydrogens is 188 g/mol. The third kappa shape index (κ3) is 2.46. The van der Waals surface area contributed by atoms with Gasteiger partial charge in [0.15, 0.2) is 6.29 Å². The van der Waals surface area contributed by atoms with Crippen LogP contribution >= 0.6 is 11.6 Å². The Balaban J connectivity index is 2.98. The Hall–Kier alpha value is -1.02. The van der Waals surface area contributed by atoms with Gasteiger partial charge in [0.25, 0.3) is 0 Å². The molecule has 1 rings (SSSR count). The monoisotopic (exact) mass is 198 g/mol. The molecule has 0 saturated carbocycles. The summed E-state index contributed by atoms with van der Waals surface area (Å²) >= 11 is 5.59. The molecule has 1 aromatic rings. The molecule has 0 aliphatic rings. The number of hydrogen-bond donors (Lipinski definition) is 0. The molecule has 0 bridgehead atoms. The SMILES string of the molecule is COc1ccc(CCCl)cc1C=O. The van der Waals surface area contributed by atoms with Crippen molar-refractivity contribution in [3.05, 3.63) is 29.3 Å². The standard InChI is InChI=1S/C10H11ClO2/c1-13-10-3-2-8(4-5-11)6-9(10)7-12/h2-3,6-7H,4-5H2,1H3. The largest absolute Gasteiger partial charge is 0.496 e. The van der Waals surface area contributed by atoms with Crippen molar-refractivity contribution in [1.82, 2.24) is 0 Å². The fourth-order valence-corrected chi connectivity index (χ4v) is 1.36. The minimum absolute atomic E-state index is 0.560. The Morgan fingerprint density at radius 2 is 2.31 bits per heavy atom. The lowest BCUT2D eigenvalue weighted by atomic mass is 10.1. The van der Waals surface area contributed by atoms with E-state index in [0.29, 0.717) is 17.2 Å². The maximum atomic E-state index is 10.6. The number of rotatable bonds is 4. The Morgan fingerprint density at radius 3 is 2.85 bits per heavy atom. The lowest BCUT2D eigenvalue weighted by Gasteiger charge is -2.04. The van der Waals surface area contributed by atoms with Crippen LogP contribution in [0.15, 0.2) is 18.2 Å². The first kappa shape index (κ1) is 10.1. The van der Waals surface area contributed by atoms with Gasteiger partial charge in [-0.3, -0.25) is 4.79 Å². The zero-order chi connectivity index (χ0) is 9.68. The lowest BCUT2D eigenvalue weighted by Crippen LogP contribution is -1.93. The zero-order valence-corrected chi connectivity index (χ0v) is 8.17. The van der Waals surface area contributed by atoms with E-state index in [1.54, 1.807) is 19.2 Å². The number of hydrogen-bond acceptors (Lipinski definition) is 2. The molecule has 70 valence electrons. The molecule has 0 aliphatic carbocycles. The molecule has 0 aliphatic heterocycles. The van der Waals surface area contributed by atoms with E-state index in [1.165, 1.54) is 0 Å². The van der Waals surface area contributed by atoms with Crippen LogP contribution in [0.4, 0.5) is 0 Å². The average molecular weight is 199 g/mol. The minimum atomic E-state index is 0.560. The van der Waals surface area contributed by atoms with E-state index < -0.39 is 0 Å². The van der Waals surface area contributed by atoms with Crippen molar-refractivity contribution in [1.29, 1.82) is 0 Å². The maximum absolute atomic E-state index is 10.6. The molecule has 0 amide bonds. The first-order valence-electron chi connectivity index (χ1n) is 4.00. The molecule has 0 spiro atoms. The second kappa shape index (κ2) is 4.87. The fourth-order valence-electron chi connectivity index (χ4n) is 1.14. The van der Waals surface area contributed by atoms with Gasteiger partial charge in [0.1, 0.15) is 5.75 Å². The van der Waals surface area contributed by atoms with Crippen LogP contribution in [0.2, 0.25) is 0 Å². The van der Waals surface area contributed by atoms with Crippen molar-refractivity contribution in [3.8, 4) is 5.75 Å². The Labute approximate surface area is 82.5 Å². The third-order valence-corrected chi connectivity index (χ3v) is 1.99. The van der Waals surface area contributed by atoms with Gasteiger partial charge in [-0.1, -0.05) is 6.07 Å². The molecule has 13 heavy (non-hydrogen) atoms. The first-order valence-corrected chi connectivity index (χ1v) is 4.53. The summed E-state index contributed by atoms with van der Waals surface area (Å²) in [4.78, 5) is 10.6. The smallest absolute Gasteiger partial charge is 0.153 e. The number of halogens is 1. The number of alkyl halides is 1. The van der Waals surface area contributed by atoms with Crippen molar-refractivity contribution in [2.24, 2.45) is 0 Å². The number of aryl methyl sites for hydroxylation is 1. The lowest BCUT2D eigenvalue weighted by molar-refractivity contribution is 0.112. The van der Waals surface area contributed by atoms with E-state index in [9.17, 15) is 4.79 Å². The summed E-state index contributed by atoms with van der Waals surface area (Å²) in [6.07, 6.45) is 1.56. The number of ether oxygens (including phenoxy) is 1. The van der Waals surface area contributed by atoms with E-state index >= 15 is 0 Å². The summed E-state index contributed by atoms with van der Waals surface area (Å²) in [5.74, 6) is 1.17. The number of carbonyl (C=O) groups is 1. The molecule has 0 radical (unpaired) electrons. The van der Waals surface area contributed by atoms with Crippen LogP contribution in [0, 0.1) is 0 Å². The molecule has 0 N–H and O–H groups in total. The van der Waals surface area contributed by atoms with Crippen molar-refractivity contribution >= 4 is 17.9 Å². The van der Waals surface area contributed by atoms with Gasteiger partial charge in [-0.25, -0.2) is 0 Å². The summed E-state index contributed by atoms with van der Waals surface area (Å²) in [7, 11) is 1.55. The average Bonchev–Trinajstić information content (AvgIpc) is 2.18. The van der Waals surface area contributed by atoms with Gasteiger partial charge in [0.05, 0.1) is 12.7 Å². The number of aldehydes is 1. The van der Waals surface area contributed by atoms with Crippen molar-refractivity contribution in [2.75, 3.05) is 13.0 Å². The van der Waals surface area contributed by atoms with Crippen LogP contribution in [0.1, 0.15) is 15.9 Å². The normalized spacial score (nSPS) is 9.69. The summed E-state index contributed by atoms with van der Waals surface area (Å²) in [6.45, 7) is 0. The topological polar surface area (TPSA) is 26.3 Å². The molecule has 0 saturated heterocycles. The molecule has 0 unspecified atom stereocenters. The van der Waals surface area contributed by atoms with Crippen LogP contribution in [0.25, 0.3) is 0 Å². The minimum Gasteiger partial charge on any atom is -0.496 e. The van der Waals surface area contributed by atoms with Crippen LogP contribution < -0.4 is 4.74 Å². The predicted molar refractivity (Wildman–Crippen MR) is 52.8 cm³/mol. The quantitative estimate of drug-likeness (QED) is 0.548. The van der Waals surface area contributed by atoms with Crippen LogP contribution in [-0.4, -0.2) is 19.3 Å². The number of methoxy groups -OCH3 is 1. The van der Waals surface area contributed by atoms with Crippen LogP contribution in [0.3, 0.4) is 0 Å². The molecule has 3 heteroatoms. The fraction of sp³-hybridized carbons (Fsp3) is 0.300. The van der Waals surface area contributed by atoms with E-state index in [1.807, 2.05) is 6.07 Å². The van der Waals surface area contributed by atoms with Crippen molar-refractivity contribution in [2.45, 2.75) is 6.42 Å². The van der Waals surface area contributed by atoms with Gasteiger partial charge in [0.2, 0.25) is 0 Å². The van der Waals surface area contributed by atoms with Gasteiger partial charge in [-0.2, -0.15) is 0 Å². The molecule has 2 nitrogen and oxygen atoms in total. The van der Waals surface area contributed by atoms with Crippen molar-refractivity contribution in [3.63, 3.8) is 0 Å². The molecule has 0 fully saturated rings. The Bertz CT molecular complexity index is 297. The number of benzene rings is 1. The van der Waals surface area contributed by atoms with Gasteiger partial charge >= 0.3 is 0 Å². The summed E-state index contributed by atoms with van der Waals surface area (Å²) in [6, 6.07) is 5.49. The second-order valence-electron chi connectivity index (χ2n) is 2.63. The summed E-state index contributed by atoms with van der Waals surface area (Å²) in [5.41, 5.74) is 1.63. The highest BCUT2D eigenvalue weighted by molar-refractivity contribution is 6.18. The Kier molecular flexibility index (Phi) is 3.77. The predicted octanol–water partition coefficient (Wildman–Crippen LogP) is 2.29. The highest BCUT2D eigenvalue weighted by atomic mass is 35.5. The van der Waals surface area contributed by atoms with Crippen LogP contribution in [-0.2, 0) is 6.42 Å². The second-order valence-corrected chi connectivity index (χ2v) is 3.01. The van der Waals surface area contributed by atoms with E-state index in [4.69, 9.17) is 16.3 Å². The van der Waals surface area contributed by atoms with E-state index in [0.717, 1.165) is 18.3 Å². The maximum Gasteiger partial charge on any atom is 0.153 e. The summed E-state index contributed by atoms with van der Waals surface area (Å²) < 4.78 is 5.01. The van der Waals surface area contributed by atoms with Gasteiger partial charge in [0, 0.05) is 5.88 Å². The molecule has 0 atom stereocenters. The van der Waals surface area contributed by atoms with E-state index in [2.05, 4.69) is 0 Å². The molecule has 0 heterocycles. The molecule has 0 aromatic heterocycles. The van der Waals surface area contributed by atoms with Crippen LogP contribution in [0.5, 0.6) is 5.75 Å². The zero-order valence-electron chi connectivity index (χ0n) is 7.42.